The molecule has 0 heterocycles. The highest BCUT2D eigenvalue weighted by Crippen LogP contribution is 2.15. The number of rotatable bonds is 2. The molecule has 0 radical (unpaired) electrons. The van der Waals surface area contributed by atoms with Crippen LogP contribution in [0.5, 0.6) is 0 Å². The molecule has 4 heteroatoms. The van der Waals surface area contributed by atoms with Gasteiger partial charge in [-0.05, 0) is 49.2 Å². The molecular formula is C15H18N4. The van der Waals surface area contributed by atoms with Gasteiger partial charge in [0, 0.05) is 5.69 Å². The molecule has 0 amide bonds. The lowest BCUT2D eigenvalue weighted by Gasteiger charge is -2.10. The van der Waals surface area contributed by atoms with Crippen LogP contribution in [0.3, 0.4) is 0 Å². The van der Waals surface area contributed by atoms with E-state index in [4.69, 9.17) is 5.84 Å². The first-order valence-corrected chi connectivity index (χ1v) is 6.13. The number of nitrogens with zero attached hydrogens (tertiary/aromatic N) is 1. The van der Waals surface area contributed by atoms with Crippen molar-refractivity contribution < 1.29 is 0 Å². The molecule has 0 aliphatic heterocycles. The van der Waals surface area contributed by atoms with Gasteiger partial charge in [-0.2, -0.15) is 0 Å². The van der Waals surface area contributed by atoms with E-state index >= 15 is 0 Å². The van der Waals surface area contributed by atoms with Crippen molar-refractivity contribution in [1.82, 2.24) is 5.43 Å². The predicted octanol–water partition coefficient (Wildman–Crippen LogP) is 2.87. The number of hydrazine groups is 1. The molecule has 0 aromatic heterocycles. The lowest BCUT2D eigenvalue weighted by Crippen LogP contribution is -2.36. The Morgan fingerprint density at radius 1 is 1.00 bits per heavy atom. The van der Waals surface area contributed by atoms with Gasteiger partial charge in [-0.1, -0.05) is 24.3 Å². The Labute approximate surface area is 113 Å². The van der Waals surface area contributed by atoms with Gasteiger partial charge in [-0.3, -0.25) is 5.43 Å². The van der Waals surface area contributed by atoms with Crippen molar-refractivity contribution in [2.75, 3.05) is 5.32 Å². The Balaban J connectivity index is 2.21. The van der Waals surface area contributed by atoms with Gasteiger partial charge < -0.3 is 5.32 Å². The molecule has 0 unspecified atom stereocenters. The molecule has 0 bridgehead atoms. The van der Waals surface area contributed by atoms with Crippen molar-refractivity contribution in [3.8, 4) is 0 Å². The van der Waals surface area contributed by atoms with E-state index < -0.39 is 0 Å². The van der Waals surface area contributed by atoms with Crippen molar-refractivity contribution in [2.45, 2.75) is 13.8 Å². The zero-order valence-electron chi connectivity index (χ0n) is 11.1. The van der Waals surface area contributed by atoms with Gasteiger partial charge in [-0.25, -0.2) is 10.8 Å². The zero-order valence-corrected chi connectivity index (χ0v) is 11.1. The second kappa shape index (κ2) is 6.02. The summed E-state index contributed by atoms with van der Waals surface area (Å²) in [6.45, 7) is 4.12. The molecule has 0 spiro atoms. The first-order chi connectivity index (χ1) is 9.17. The normalized spacial score (nSPS) is 11.2. The van der Waals surface area contributed by atoms with Gasteiger partial charge in [0.15, 0.2) is 0 Å². The monoisotopic (exact) mass is 254 g/mol. The summed E-state index contributed by atoms with van der Waals surface area (Å²) in [6.07, 6.45) is 0. The number of nitrogens with one attached hydrogen (secondary N) is 2. The number of guanidine groups is 1. The van der Waals surface area contributed by atoms with Crippen molar-refractivity contribution in [3.05, 3.63) is 59.7 Å². The second-order valence-corrected chi connectivity index (χ2v) is 4.44. The smallest absolute Gasteiger partial charge is 0.215 e. The van der Waals surface area contributed by atoms with Crippen LogP contribution in [-0.4, -0.2) is 5.96 Å². The number of aliphatic imine (C=N–C) groups is 1. The van der Waals surface area contributed by atoms with Gasteiger partial charge in [0.25, 0.3) is 0 Å². The average molecular weight is 254 g/mol. The number of anilines is 1. The Morgan fingerprint density at radius 3 is 2.21 bits per heavy atom. The fourth-order valence-corrected chi connectivity index (χ4v) is 1.91. The van der Waals surface area contributed by atoms with Crippen LogP contribution < -0.4 is 16.6 Å². The van der Waals surface area contributed by atoms with Crippen molar-refractivity contribution >= 4 is 17.3 Å². The van der Waals surface area contributed by atoms with E-state index in [1.807, 2.05) is 42.5 Å². The number of aryl methyl sites for hydroxylation is 2. The number of benzene rings is 2. The van der Waals surface area contributed by atoms with Crippen LogP contribution in [0, 0.1) is 13.8 Å². The standard InChI is InChI=1S/C15H18N4/c1-11-8-12(2)10-14(9-11)18-15(19-16)17-13-6-4-3-5-7-13/h3-10H,16H2,1-2H3,(H2,17,18,19). The van der Waals surface area contributed by atoms with E-state index in [2.05, 4.69) is 35.6 Å². The van der Waals surface area contributed by atoms with E-state index in [0.717, 1.165) is 11.4 Å². The maximum Gasteiger partial charge on any atom is 0.215 e. The first kappa shape index (κ1) is 13.1. The molecule has 0 aliphatic carbocycles. The first-order valence-electron chi connectivity index (χ1n) is 6.13. The summed E-state index contributed by atoms with van der Waals surface area (Å²) in [6, 6.07) is 15.9. The minimum atomic E-state index is 0.510. The molecule has 19 heavy (non-hydrogen) atoms. The van der Waals surface area contributed by atoms with Gasteiger partial charge in [0.1, 0.15) is 0 Å². The molecule has 2 aromatic rings. The predicted molar refractivity (Wildman–Crippen MR) is 80.4 cm³/mol. The summed E-state index contributed by atoms with van der Waals surface area (Å²) in [5, 5.41) is 3.17. The topological polar surface area (TPSA) is 62.4 Å². The van der Waals surface area contributed by atoms with Gasteiger partial charge >= 0.3 is 0 Å². The summed E-state index contributed by atoms with van der Waals surface area (Å²) < 4.78 is 0. The van der Waals surface area contributed by atoms with Crippen molar-refractivity contribution in [1.29, 1.82) is 0 Å². The molecule has 98 valence electrons. The summed E-state index contributed by atoms with van der Waals surface area (Å²) in [5.41, 5.74) is 6.77. The van der Waals surface area contributed by atoms with E-state index in [-0.39, 0.29) is 0 Å². The van der Waals surface area contributed by atoms with Gasteiger partial charge in [0.05, 0.1) is 5.69 Å². The second-order valence-electron chi connectivity index (χ2n) is 4.44. The highest BCUT2D eigenvalue weighted by molar-refractivity contribution is 5.95. The van der Waals surface area contributed by atoms with E-state index in [9.17, 15) is 0 Å². The van der Waals surface area contributed by atoms with Gasteiger partial charge in [0.2, 0.25) is 5.96 Å². The Bertz CT molecular complexity index is 556. The number of para-hydroxylation sites is 1. The van der Waals surface area contributed by atoms with Crippen LogP contribution in [0.2, 0.25) is 0 Å². The number of nitrogens with two attached hydrogens (primary N) is 1. The summed E-state index contributed by atoms with van der Waals surface area (Å²) in [5.74, 6) is 6.01. The van der Waals surface area contributed by atoms with Crippen molar-refractivity contribution in [2.24, 2.45) is 10.8 Å². The Hall–Kier alpha value is -2.33. The average Bonchev–Trinajstić information content (AvgIpc) is 2.38. The highest BCUT2D eigenvalue weighted by atomic mass is 15.3. The molecule has 2 aromatic carbocycles. The van der Waals surface area contributed by atoms with Crippen LogP contribution in [0.4, 0.5) is 11.4 Å². The Kier molecular flexibility index (Phi) is 4.15. The van der Waals surface area contributed by atoms with Crippen LogP contribution in [0.15, 0.2) is 53.5 Å². The van der Waals surface area contributed by atoms with E-state index in [1.165, 1.54) is 11.1 Å². The number of hydrogen-bond donors (Lipinski definition) is 3. The van der Waals surface area contributed by atoms with Crippen LogP contribution >= 0.6 is 0 Å². The SMILES string of the molecule is Cc1cc(C)cc(NC(=Nc2ccccc2)NN)c1. The minimum Gasteiger partial charge on any atom is -0.325 e. The fraction of sp³-hybridized carbons (Fsp3) is 0.133. The largest absolute Gasteiger partial charge is 0.325 e. The molecule has 0 fully saturated rings. The third-order valence-corrected chi connectivity index (χ3v) is 2.62. The zero-order chi connectivity index (χ0) is 13.7. The summed E-state index contributed by atoms with van der Waals surface area (Å²) in [4.78, 5) is 4.40. The Morgan fingerprint density at radius 2 is 1.63 bits per heavy atom. The molecule has 0 saturated heterocycles. The molecule has 4 nitrogen and oxygen atoms in total. The molecular weight excluding hydrogens is 236 g/mol. The lowest BCUT2D eigenvalue weighted by atomic mass is 10.1. The summed E-state index contributed by atoms with van der Waals surface area (Å²) >= 11 is 0. The molecule has 0 aliphatic rings. The maximum atomic E-state index is 5.50. The highest BCUT2D eigenvalue weighted by Gasteiger charge is 2.00. The van der Waals surface area contributed by atoms with E-state index in [0.29, 0.717) is 5.96 Å². The van der Waals surface area contributed by atoms with Crippen LogP contribution in [0.1, 0.15) is 11.1 Å². The molecule has 4 N–H and O–H groups in total. The third kappa shape index (κ3) is 3.82. The van der Waals surface area contributed by atoms with Crippen molar-refractivity contribution in [3.63, 3.8) is 0 Å². The quantitative estimate of drug-likeness (QED) is 0.334. The maximum absolute atomic E-state index is 5.50. The number of hydrogen-bond acceptors (Lipinski definition) is 2. The molecule has 0 atom stereocenters. The molecule has 0 saturated carbocycles. The lowest BCUT2D eigenvalue weighted by molar-refractivity contribution is 1.02. The van der Waals surface area contributed by atoms with E-state index in [1.54, 1.807) is 0 Å². The summed E-state index contributed by atoms with van der Waals surface area (Å²) in [7, 11) is 0. The van der Waals surface area contributed by atoms with Crippen LogP contribution in [0.25, 0.3) is 0 Å². The third-order valence-electron chi connectivity index (χ3n) is 2.62. The fourth-order valence-electron chi connectivity index (χ4n) is 1.91. The molecule has 2 rings (SSSR count). The van der Waals surface area contributed by atoms with Gasteiger partial charge in [-0.15, -0.1) is 0 Å². The minimum absolute atomic E-state index is 0.510. The van der Waals surface area contributed by atoms with Crippen LogP contribution in [-0.2, 0) is 0 Å².